The van der Waals surface area contributed by atoms with Crippen LogP contribution in [0.1, 0.15) is 25.7 Å². The van der Waals surface area contributed by atoms with Crippen molar-refractivity contribution >= 4 is 5.91 Å². The van der Waals surface area contributed by atoms with Crippen molar-refractivity contribution in [2.24, 2.45) is 17.1 Å². The summed E-state index contributed by atoms with van der Waals surface area (Å²) in [6, 6.07) is 0. The van der Waals surface area contributed by atoms with E-state index in [4.69, 9.17) is 10.5 Å². The van der Waals surface area contributed by atoms with Gasteiger partial charge in [0.2, 0.25) is 5.91 Å². The molecule has 68 valence electrons. The summed E-state index contributed by atoms with van der Waals surface area (Å²) in [5, 5.41) is 0. The number of rotatable bonds is 2. The molecule has 2 N–H and O–H groups in total. The minimum atomic E-state index is -0.195. The maximum Gasteiger partial charge on any atom is 0.223 e. The minimum absolute atomic E-state index is 0.0182. The van der Waals surface area contributed by atoms with Crippen LogP contribution in [0.2, 0.25) is 0 Å². The van der Waals surface area contributed by atoms with Gasteiger partial charge in [-0.1, -0.05) is 6.42 Å². The fourth-order valence-corrected chi connectivity index (χ4v) is 2.71. The van der Waals surface area contributed by atoms with Crippen LogP contribution in [-0.4, -0.2) is 19.1 Å². The van der Waals surface area contributed by atoms with Gasteiger partial charge in [0.25, 0.3) is 0 Å². The molecule has 0 radical (unpaired) electrons. The Hall–Kier alpha value is -0.570. The second-order valence-electron chi connectivity index (χ2n) is 4.09. The molecule has 0 aromatic carbocycles. The van der Waals surface area contributed by atoms with E-state index in [1.807, 2.05) is 0 Å². The molecule has 2 fully saturated rings. The lowest BCUT2D eigenvalue weighted by Gasteiger charge is -2.58. The molecule has 3 nitrogen and oxygen atoms in total. The van der Waals surface area contributed by atoms with Gasteiger partial charge >= 0.3 is 0 Å². The zero-order valence-corrected chi connectivity index (χ0v) is 7.38. The highest BCUT2D eigenvalue weighted by Crippen LogP contribution is 2.59. The Balaban J connectivity index is 2.03. The van der Waals surface area contributed by atoms with Gasteiger partial charge in [0.1, 0.15) is 0 Å². The molecular weight excluding hydrogens is 154 g/mol. The van der Waals surface area contributed by atoms with Gasteiger partial charge in [0, 0.05) is 7.11 Å². The molecule has 2 aliphatic carbocycles. The Morgan fingerprint density at radius 1 is 1.58 bits per heavy atom. The van der Waals surface area contributed by atoms with Crippen LogP contribution in [0.15, 0.2) is 0 Å². The summed E-state index contributed by atoms with van der Waals surface area (Å²) in [4.78, 5) is 10.9. The third-order valence-electron chi connectivity index (χ3n) is 3.56. The predicted molar refractivity (Wildman–Crippen MR) is 44.4 cm³/mol. The van der Waals surface area contributed by atoms with Crippen LogP contribution in [0.5, 0.6) is 0 Å². The standard InChI is InChI=1S/C9H15NO2/c1-12-7-6(8(10)11)5-9(7)3-2-4-9/h6-7H,2-5H2,1H3,(H2,10,11). The summed E-state index contributed by atoms with van der Waals surface area (Å²) in [6.07, 6.45) is 4.79. The van der Waals surface area contributed by atoms with E-state index >= 15 is 0 Å². The average Bonchev–Trinajstić information content (AvgIpc) is 1.81. The van der Waals surface area contributed by atoms with E-state index in [0.29, 0.717) is 5.41 Å². The zero-order chi connectivity index (χ0) is 8.77. The number of carbonyl (C=O) groups is 1. The molecule has 2 unspecified atom stereocenters. The Kier molecular flexibility index (Phi) is 1.65. The van der Waals surface area contributed by atoms with E-state index in [2.05, 4.69) is 0 Å². The molecule has 1 spiro atoms. The average molecular weight is 169 g/mol. The first-order chi connectivity index (χ1) is 5.69. The summed E-state index contributed by atoms with van der Waals surface area (Å²) in [5.74, 6) is -0.213. The number of primary amides is 1. The molecule has 3 heteroatoms. The van der Waals surface area contributed by atoms with E-state index in [1.165, 1.54) is 19.3 Å². The maximum atomic E-state index is 10.9. The van der Waals surface area contributed by atoms with Gasteiger partial charge in [0.15, 0.2) is 0 Å². The molecular formula is C9H15NO2. The molecule has 0 saturated heterocycles. The summed E-state index contributed by atoms with van der Waals surface area (Å²) in [7, 11) is 1.68. The first kappa shape index (κ1) is 8.05. The summed E-state index contributed by atoms with van der Waals surface area (Å²) >= 11 is 0. The molecule has 0 bridgehead atoms. The number of methoxy groups -OCH3 is 1. The molecule has 0 aromatic heterocycles. The quantitative estimate of drug-likeness (QED) is 0.660. The van der Waals surface area contributed by atoms with Crippen molar-refractivity contribution in [3.05, 3.63) is 0 Å². The highest BCUT2D eigenvalue weighted by Gasteiger charge is 2.59. The molecule has 2 rings (SSSR count). The van der Waals surface area contributed by atoms with Crippen molar-refractivity contribution in [1.82, 2.24) is 0 Å². The molecule has 2 atom stereocenters. The van der Waals surface area contributed by atoms with Crippen molar-refractivity contribution in [2.45, 2.75) is 31.8 Å². The maximum absolute atomic E-state index is 10.9. The van der Waals surface area contributed by atoms with Gasteiger partial charge < -0.3 is 10.5 Å². The summed E-state index contributed by atoms with van der Waals surface area (Å²) < 4.78 is 5.32. The monoisotopic (exact) mass is 169 g/mol. The molecule has 0 heterocycles. The van der Waals surface area contributed by atoms with Gasteiger partial charge in [-0.2, -0.15) is 0 Å². The van der Waals surface area contributed by atoms with E-state index < -0.39 is 0 Å². The van der Waals surface area contributed by atoms with Crippen LogP contribution in [-0.2, 0) is 9.53 Å². The van der Waals surface area contributed by atoms with E-state index in [-0.39, 0.29) is 17.9 Å². The normalized spacial score (nSPS) is 37.1. The highest BCUT2D eigenvalue weighted by molar-refractivity contribution is 5.78. The number of carbonyl (C=O) groups excluding carboxylic acids is 1. The Bertz CT molecular complexity index is 211. The zero-order valence-electron chi connectivity index (χ0n) is 7.38. The van der Waals surface area contributed by atoms with Crippen LogP contribution >= 0.6 is 0 Å². The van der Waals surface area contributed by atoms with Crippen LogP contribution in [0.3, 0.4) is 0 Å². The highest BCUT2D eigenvalue weighted by atomic mass is 16.5. The summed E-state index contributed by atoms with van der Waals surface area (Å²) in [5.41, 5.74) is 5.59. The van der Waals surface area contributed by atoms with Crippen LogP contribution < -0.4 is 5.73 Å². The Morgan fingerprint density at radius 2 is 2.25 bits per heavy atom. The Labute approximate surface area is 72.3 Å². The molecule has 0 aliphatic heterocycles. The lowest BCUT2D eigenvalue weighted by Crippen LogP contribution is -2.60. The van der Waals surface area contributed by atoms with Crippen molar-refractivity contribution in [1.29, 1.82) is 0 Å². The van der Waals surface area contributed by atoms with Crippen LogP contribution in [0, 0.1) is 11.3 Å². The first-order valence-corrected chi connectivity index (χ1v) is 4.52. The van der Waals surface area contributed by atoms with Crippen LogP contribution in [0.25, 0.3) is 0 Å². The fourth-order valence-electron chi connectivity index (χ4n) is 2.71. The van der Waals surface area contributed by atoms with Crippen LogP contribution in [0.4, 0.5) is 0 Å². The molecule has 2 aliphatic rings. The second-order valence-corrected chi connectivity index (χ2v) is 4.09. The number of nitrogens with two attached hydrogens (primary N) is 1. The third kappa shape index (κ3) is 0.829. The van der Waals surface area contributed by atoms with Crippen molar-refractivity contribution < 1.29 is 9.53 Å². The lowest BCUT2D eigenvalue weighted by molar-refractivity contribution is -0.186. The van der Waals surface area contributed by atoms with Gasteiger partial charge in [-0.3, -0.25) is 4.79 Å². The van der Waals surface area contributed by atoms with Gasteiger partial charge in [-0.25, -0.2) is 0 Å². The number of hydrogen-bond acceptors (Lipinski definition) is 2. The second kappa shape index (κ2) is 2.46. The number of hydrogen-bond donors (Lipinski definition) is 1. The predicted octanol–water partition coefficient (Wildman–Crippen LogP) is 0.677. The fraction of sp³-hybridized carbons (Fsp3) is 0.889. The topological polar surface area (TPSA) is 52.3 Å². The van der Waals surface area contributed by atoms with E-state index in [9.17, 15) is 4.79 Å². The largest absolute Gasteiger partial charge is 0.380 e. The first-order valence-electron chi connectivity index (χ1n) is 4.52. The SMILES string of the molecule is COC1C(C(N)=O)CC12CCC2. The smallest absolute Gasteiger partial charge is 0.223 e. The van der Waals surface area contributed by atoms with Crippen molar-refractivity contribution in [3.8, 4) is 0 Å². The molecule has 2 saturated carbocycles. The third-order valence-corrected chi connectivity index (χ3v) is 3.56. The Morgan fingerprint density at radius 3 is 2.58 bits per heavy atom. The summed E-state index contributed by atoms with van der Waals surface area (Å²) in [6.45, 7) is 0. The lowest BCUT2D eigenvalue weighted by atomic mass is 9.49. The van der Waals surface area contributed by atoms with Gasteiger partial charge in [-0.05, 0) is 24.7 Å². The molecule has 0 aromatic rings. The van der Waals surface area contributed by atoms with E-state index in [1.54, 1.807) is 7.11 Å². The number of amides is 1. The minimum Gasteiger partial charge on any atom is -0.380 e. The molecule has 1 amide bonds. The molecule has 12 heavy (non-hydrogen) atoms. The van der Waals surface area contributed by atoms with Crippen molar-refractivity contribution in [3.63, 3.8) is 0 Å². The number of ether oxygens (including phenoxy) is 1. The van der Waals surface area contributed by atoms with Gasteiger partial charge in [0.05, 0.1) is 12.0 Å². The van der Waals surface area contributed by atoms with Gasteiger partial charge in [-0.15, -0.1) is 0 Å². The van der Waals surface area contributed by atoms with E-state index in [0.717, 1.165) is 6.42 Å². The van der Waals surface area contributed by atoms with Crippen molar-refractivity contribution in [2.75, 3.05) is 7.11 Å².